The van der Waals surface area contributed by atoms with E-state index in [1.54, 1.807) is 6.26 Å². The van der Waals surface area contributed by atoms with E-state index in [1.165, 1.54) is 19.3 Å². The van der Waals surface area contributed by atoms with Gasteiger partial charge in [0.15, 0.2) is 5.96 Å². The Balaban J connectivity index is 0.00000256. The van der Waals surface area contributed by atoms with E-state index in [0.717, 1.165) is 55.7 Å². The monoisotopic (exact) mass is 522 g/mol. The molecule has 30 heavy (non-hydrogen) atoms. The Morgan fingerprint density at radius 1 is 1.17 bits per heavy atom. The normalized spacial score (nSPS) is 16.2. The van der Waals surface area contributed by atoms with E-state index in [9.17, 15) is 0 Å². The van der Waals surface area contributed by atoms with Crippen LogP contribution in [-0.2, 0) is 6.42 Å². The van der Waals surface area contributed by atoms with E-state index in [4.69, 9.17) is 4.42 Å². The summed E-state index contributed by atoms with van der Waals surface area (Å²) in [7, 11) is 1.81. The van der Waals surface area contributed by atoms with Gasteiger partial charge < -0.3 is 19.5 Å². The third kappa shape index (κ3) is 5.75. The van der Waals surface area contributed by atoms with Crippen molar-refractivity contribution in [1.82, 2.24) is 24.9 Å². The third-order valence-electron chi connectivity index (χ3n) is 5.48. The predicted octanol–water partition coefficient (Wildman–Crippen LogP) is 3.48. The van der Waals surface area contributed by atoms with Crippen LogP contribution in [0.15, 0.2) is 58.4 Å². The van der Waals surface area contributed by atoms with Crippen LogP contribution in [0.3, 0.4) is 0 Å². The van der Waals surface area contributed by atoms with Crippen molar-refractivity contribution in [1.29, 1.82) is 0 Å². The van der Waals surface area contributed by atoms with E-state index in [2.05, 4.69) is 42.2 Å². The highest BCUT2D eigenvalue weighted by molar-refractivity contribution is 14.0. The summed E-state index contributed by atoms with van der Waals surface area (Å²) in [6.07, 6.45) is 10.5. The van der Waals surface area contributed by atoms with Gasteiger partial charge in [-0.3, -0.25) is 9.89 Å². The number of likely N-dealkylation sites (tertiary alicyclic amines) is 1. The van der Waals surface area contributed by atoms with E-state index < -0.39 is 0 Å². The summed E-state index contributed by atoms with van der Waals surface area (Å²) in [6.45, 7) is 3.78. The first-order valence-corrected chi connectivity index (χ1v) is 10.5. The molecule has 8 heteroatoms. The van der Waals surface area contributed by atoms with E-state index in [1.807, 2.05) is 37.5 Å². The molecule has 0 aromatic carbocycles. The number of hydrogen-bond donors (Lipinski definition) is 2. The zero-order valence-electron chi connectivity index (χ0n) is 17.5. The molecule has 4 heterocycles. The minimum Gasteiger partial charge on any atom is -0.468 e. The van der Waals surface area contributed by atoms with Crippen molar-refractivity contribution in [2.75, 3.05) is 33.2 Å². The molecular formula is C22H31IN6O. The lowest BCUT2D eigenvalue weighted by Gasteiger charge is -2.33. The third-order valence-corrected chi connectivity index (χ3v) is 5.48. The fourth-order valence-corrected chi connectivity index (χ4v) is 3.95. The quantitative estimate of drug-likeness (QED) is 0.283. The molecule has 0 bridgehead atoms. The maximum Gasteiger partial charge on any atom is 0.191 e. The molecule has 3 aromatic rings. The molecule has 0 aliphatic carbocycles. The second-order valence-corrected chi connectivity index (χ2v) is 7.46. The molecule has 1 saturated heterocycles. The molecule has 7 nitrogen and oxygen atoms in total. The van der Waals surface area contributed by atoms with E-state index in [-0.39, 0.29) is 30.0 Å². The van der Waals surface area contributed by atoms with Gasteiger partial charge in [-0.2, -0.15) is 0 Å². The van der Waals surface area contributed by atoms with Crippen LogP contribution in [-0.4, -0.2) is 53.5 Å². The molecule has 0 radical (unpaired) electrons. The van der Waals surface area contributed by atoms with Gasteiger partial charge in [-0.25, -0.2) is 4.98 Å². The lowest BCUT2D eigenvalue weighted by Crippen LogP contribution is -2.44. The molecular weight excluding hydrogens is 491 g/mol. The van der Waals surface area contributed by atoms with Gasteiger partial charge in [-0.15, -0.1) is 24.0 Å². The first-order valence-electron chi connectivity index (χ1n) is 10.5. The van der Waals surface area contributed by atoms with Crippen molar-refractivity contribution in [3.8, 4) is 0 Å². The van der Waals surface area contributed by atoms with Crippen molar-refractivity contribution in [3.63, 3.8) is 0 Å². The standard InChI is InChI=1S/C22H30N6O.HI/c1-23-22(24-11-10-18-17-28-14-6-3-9-21(28)26-18)25-16-19(20-8-7-15-29-20)27-12-4-2-5-13-27;/h3,6-9,14-15,17,19H,2,4-5,10-13,16H2,1H3,(H2,23,24,25);1H. The molecule has 162 valence electrons. The molecule has 0 amide bonds. The number of aromatic nitrogens is 2. The second kappa shape index (κ2) is 11.4. The first kappa shape index (κ1) is 22.6. The first-order chi connectivity index (χ1) is 14.3. The Labute approximate surface area is 195 Å². The molecule has 3 aromatic heterocycles. The van der Waals surface area contributed by atoms with E-state index in [0.29, 0.717) is 0 Å². The SMILES string of the molecule is CN=C(NCCc1cn2ccccc2n1)NCC(c1ccco1)N1CCCCC1.I. The number of furan rings is 1. The number of pyridine rings is 1. The number of piperidine rings is 1. The smallest absolute Gasteiger partial charge is 0.191 e. The van der Waals surface area contributed by atoms with E-state index >= 15 is 0 Å². The number of hydrogen-bond acceptors (Lipinski definition) is 4. The number of nitrogens with zero attached hydrogens (tertiary/aromatic N) is 4. The zero-order valence-corrected chi connectivity index (χ0v) is 19.8. The van der Waals surface area contributed by atoms with Crippen molar-refractivity contribution in [3.05, 3.63) is 60.4 Å². The highest BCUT2D eigenvalue weighted by Crippen LogP contribution is 2.24. The van der Waals surface area contributed by atoms with Crippen molar-refractivity contribution >= 4 is 35.6 Å². The largest absolute Gasteiger partial charge is 0.468 e. The summed E-state index contributed by atoms with van der Waals surface area (Å²) in [5.41, 5.74) is 2.05. The molecule has 1 atom stereocenters. The minimum absolute atomic E-state index is 0. The maximum absolute atomic E-state index is 5.73. The van der Waals surface area contributed by atoms with Gasteiger partial charge in [0.2, 0.25) is 0 Å². The number of rotatable bonds is 7. The summed E-state index contributed by atoms with van der Waals surface area (Å²) in [5.74, 6) is 1.82. The molecule has 1 aliphatic rings. The lowest BCUT2D eigenvalue weighted by molar-refractivity contribution is 0.146. The van der Waals surface area contributed by atoms with Gasteiger partial charge in [0, 0.05) is 39.0 Å². The predicted molar refractivity (Wildman–Crippen MR) is 131 cm³/mol. The Hall–Kier alpha value is -2.07. The number of guanidine groups is 1. The summed E-state index contributed by atoms with van der Waals surface area (Å²) in [4.78, 5) is 11.5. The van der Waals surface area contributed by atoms with Crippen LogP contribution in [0, 0.1) is 0 Å². The average molecular weight is 522 g/mol. The highest BCUT2D eigenvalue weighted by Gasteiger charge is 2.24. The molecule has 0 saturated carbocycles. The van der Waals surface area contributed by atoms with Gasteiger partial charge in [0.1, 0.15) is 11.4 Å². The molecule has 4 rings (SSSR count). The van der Waals surface area contributed by atoms with Crippen LogP contribution in [0.25, 0.3) is 5.65 Å². The van der Waals surface area contributed by atoms with Gasteiger partial charge in [0.05, 0.1) is 18.0 Å². The van der Waals surface area contributed by atoms with Gasteiger partial charge in [-0.1, -0.05) is 12.5 Å². The molecule has 0 spiro atoms. The average Bonchev–Trinajstić information content (AvgIpc) is 3.43. The Kier molecular flexibility index (Phi) is 8.56. The number of halogens is 1. The highest BCUT2D eigenvalue weighted by atomic mass is 127. The Morgan fingerprint density at radius 2 is 2.03 bits per heavy atom. The minimum atomic E-state index is 0. The van der Waals surface area contributed by atoms with Gasteiger partial charge in [0.25, 0.3) is 0 Å². The topological polar surface area (TPSA) is 70.1 Å². The molecule has 1 aliphatic heterocycles. The number of imidazole rings is 1. The number of aliphatic imine (C=N–C) groups is 1. The van der Waals surface area contributed by atoms with Crippen LogP contribution in [0.2, 0.25) is 0 Å². The molecule has 2 N–H and O–H groups in total. The van der Waals surface area contributed by atoms with Crippen LogP contribution in [0.4, 0.5) is 0 Å². The fraction of sp³-hybridized carbons (Fsp3) is 0.455. The lowest BCUT2D eigenvalue weighted by atomic mass is 10.1. The fourth-order valence-electron chi connectivity index (χ4n) is 3.95. The van der Waals surface area contributed by atoms with Crippen LogP contribution < -0.4 is 10.6 Å². The van der Waals surface area contributed by atoms with Gasteiger partial charge in [-0.05, 0) is 50.2 Å². The molecule has 1 unspecified atom stereocenters. The summed E-state index contributed by atoms with van der Waals surface area (Å²) in [6, 6.07) is 10.3. The Bertz CT molecular complexity index is 884. The van der Waals surface area contributed by atoms with Crippen molar-refractivity contribution in [2.24, 2.45) is 4.99 Å². The van der Waals surface area contributed by atoms with Crippen LogP contribution in [0.1, 0.15) is 36.8 Å². The number of fused-ring (bicyclic) bond motifs is 1. The second-order valence-electron chi connectivity index (χ2n) is 7.46. The Morgan fingerprint density at radius 3 is 2.77 bits per heavy atom. The maximum atomic E-state index is 5.73. The van der Waals surface area contributed by atoms with Gasteiger partial charge >= 0.3 is 0 Å². The summed E-state index contributed by atoms with van der Waals surface area (Å²) in [5, 5.41) is 6.89. The summed E-state index contributed by atoms with van der Waals surface area (Å²) < 4.78 is 7.78. The van der Waals surface area contributed by atoms with Crippen molar-refractivity contribution < 1.29 is 4.42 Å². The summed E-state index contributed by atoms with van der Waals surface area (Å²) >= 11 is 0. The molecule has 1 fully saturated rings. The van der Waals surface area contributed by atoms with Crippen LogP contribution in [0.5, 0.6) is 0 Å². The number of nitrogens with one attached hydrogen (secondary N) is 2. The van der Waals surface area contributed by atoms with Crippen LogP contribution >= 0.6 is 24.0 Å². The van der Waals surface area contributed by atoms with Crippen molar-refractivity contribution in [2.45, 2.75) is 31.7 Å². The zero-order chi connectivity index (χ0) is 19.9.